The zero-order chi connectivity index (χ0) is 20.2. The Kier molecular flexibility index (Phi) is 4.90. The lowest BCUT2D eigenvalue weighted by Gasteiger charge is -2.11. The van der Waals surface area contributed by atoms with E-state index in [2.05, 4.69) is 15.3 Å². The Balaban J connectivity index is 1.72. The number of hydrogen-bond donors (Lipinski definition) is 1. The largest absolute Gasteiger partial charge is 0.497 e. The quantitative estimate of drug-likeness (QED) is 0.363. The monoisotopic (exact) mass is 388 g/mol. The standard InChI is InChI=1S/C21H16N4O4/c1-28-15-9-11-16(12-10-15)29-21-19(25(26)27)20(22-13-23-21)24-18-8-4-6-14-5-2-3-7-17(14)18/h2-13H,1H3,(H,22,23,24). The molecule has 0 atom stereocenters. The van der Waals surface area contributed by atoms with Crippen molar-refractivity contribution < 1.29 is 14.4 Å². The first-order valence-electron chi connectivity index (χ1n) is 8.72. The lowest BCUT2D eigenvalue weighted by molar-refractivity contribution is -0.385. The highest BCUT2D eigenvalue weighted by atomic mass is 16.6. The Labute approximate surface area is 165 Å². The van der Waals surface area contributed by atoms with Crippen molar-refractivity contribution in [2.45, 2.75) is 0 Å². The number of anilines is 2. The Hall–Kier alpha value is -4.20. The smallest absolute Gasteiger partial charge is 0.373 e. The van der Waals surface area contributed by atoms with Gasteiger partial charge in [0.1, 0.15) is 17.8 Å². The molecule has 1 heterocycles. The molecule has 8 nitrogen and oxygen atoms in total. The number of fused-ring (bicyclic) bond motifs is 1. The Morgan fingerprint density at radius 3 is 2.41 bits per heavy atom. The second-order valence-electron chi connectivity index (χ2n) is 6.06. The summed E-state index contributed by atoms with van der Waals surface area (Å²) in [6.07, 6.45) is 1.22. The molecule has 1 N–H and O–H groups in total. The third-order valence-corrected chi connectivity index (χ3v) is 4.29. The second-order valence-corrected chi connectivity index (χ2v) is 6.06. The fraction of sp³-hybridized carbons (Fsp3) is 0.0476. The van der Waals surface area contributed by atoms with E-state index in [1.54, 1.807) is 31.4 Å². The van der Waals surface area contributed by atoms with Crippen LogP contribution in [0.5, 0.6) is 17.4 Å². The normalized spacial score (nSPS) is 10.5. The van der Waals surface area contributed by atoms with Crippen LogP contribution in [0.4, 0.5) is 17.2 Å². The summed E-state index contributed by atoms with van der Waals surface area (Å²) < 4.78 is 10.8. The molecule has 4 aromatic rings. The van der Waals surface area contributed by atoms with Gasteiger partial charge in [-0.3, -0.25) is 10.1 Å². The molecule has 0 fully saturated rings. The first kappa shape index (κ1) is 18.2. The van der Waals surface area contributed by atoms with Crippen molar-refractivity contribution >= 4 is 28.0 Å². The van der Waals surface area contributed by atoms with Gasteiger partial charge in [0.25, 0.3) is 0 Å². The maximum Gasteiger partial charge on any atom is 0.373 e. The molecule has 0 amide bonds. The Morgan fingerprint density at radius 1 is 0.931 bits per heavy atom. The van der Waals surface area contributed by atoms with Crippen LogP contribution in [0.2, 0.25) is 0 Å². The molecule has 4 rings (SSSR count). The van der Waals surface area contributed by atoms with Gasteiger partial charge in [-0.15, -0.1) is 0 Å². The average Bonchev–Trinajstić information content (AvgIpc) is 2.74. The molecule has 0 bridgehead atoms. The molecular weight excluding hydrogens is 372 g/mol. The minimum Gasteiger partial charge on any atom is -0.497 e. The van der Waals surface area contributed by atoms with E-state index in [1.165, 1.54) is 6.33 Å². The predicted molar refractivity (Wildman–Crippen MR) is 109 cm³/mol. The van der Waals surface area contributed by atoms with Crippen LogP contribution < -0.4 is 14.8 Å². The molecule has 3 aromatic carbocycles. The average molecular weight is 388 g/mol. The van der Waals surface area contributed by atoms with E-state index in [9.17, 15) is 10.1 Å². The lowest BCUT2D eigenvalue weighted by atomic mass is 10.1. The molecule has 29 heavy (non-hydrogen) atoms. The highest BCUT2D eigenvalue weighted by molar-refractivity contribution is 5.95. The van der Waals surface area contributed by atoms with E-state index in [0.717, 1.165) is 10.8 Å². The zero-order valence-corrected chi connectivity index (χ0v) is 15.4. The van der Waals surface area contributed by atoms with Gasteiger partial charge < -0.3 is 14.8 Å². The summed E-state index contributed by atoms with van der Waals surface area (Å²) in [4.78, 5) is 19.2. The summed E-state index contributed by atoms with van der Waals surface area (Å²) in [7, 11) is 1.55. The molecule has 0 spiro atoms. The van der Waals surface area contributed by atoms with Gasteiger partial charge in [0.05, 0.1) is 12.0 Å². The number of hydrogen-bond acceptors (Lipinski definition) is 7. The van der Waals surface area contributed by atoms with Gasteiger partial charge >= 0.3 is 11.6 Å². The number of nitro groups is 1. The minimum absolute atomic E-state index is 0.0462. The highest BCUT2D eigenvalue weighted by Crippen LogP contribution is 2.37. The number of ether oxygens (including phenoxy) is 2. The van der Waals surface area contributed by atoms with Crippen molar-refractivity contribution in [3.63, 3.8) is 0 Å². The van der Waals surface area contributed by atoms with Crippen molar-refractivity contribution in [2.24, 2.45) is 0 Å². The molecule has 0 aliphatic rings. The molecule has 1 aromatic heterocycles. The molecule has 8 heteroatoms. The summed E-state index contributed by atoms with van der Waals surface area (Å²) in [5.41, 5.74) is 0.344. The van der Waals surface area contributed by atoms with Crippen molar-refractivity contribution in [2.75, 3.05) is 12.4 Å². The third kappa shape index (κ3) is 3.77. The molecule has 0 aliphatic heterocycles. The second kappa shape index (κ2) is 7.81. The summed E-state index contributed by atoms with van der Waals surface area (Å²) in [6, 6.07) is 20.1. The van der Waals surface area contributed by atoms with Crippen molar-refractivity contribution in [1.29, 1.82) is 0 Å². The van der Waals surface area contributed by atoms with Crippen LogP contribution >= 0.6 is 0 Å². The fourth-order valence-corrected chi connectivity index (χ4v) is 2.91. The molecule has 0 aliphatic carbocycles. The van der Waals surface area contributed by atoms with E-state index in [4.69, 9.17) is 9.47 Å². The third-order valence-electron chi connectivity index (χ3n) is 4.29. The van der Waals surface area contributed by atoms with Crippen LogP contribution in [-0.4, -0.2) is 22.0 Å². The number of benzene rings is 3. The summed E-state index contributed by atoms with van der Waals surface area (Å²) in [6.45, 7) is 0. The van der Waals surface area contributed by atoms with Crippen LogP contribution in [0.3, 0.4) is 0 Å². The van der Waals surface area contributed by atoms with E-state index >= 15 is 0 Å². The maximum atomic E-state index is 11.8. The highest BCUT2D eigenvalue weighted by Gasteiger charge is 2.25. The summed E-state index contributed by atoms with van der Waals surface area (Å²) in [5, 5.41) is 16.7. The van der Waals surface area contributed by atoms with Gasteiger partial charge in [-0.1, -0.05) is 36.4 Å². The number of aromatic nitrogens is 2. The Bertz CT molecular complexity index is 1170. The van der Waals surface area contributed by atoms with Gasteiger partial charge in [0.15, 0.2) is 0 Å². The van der Waals surface area contributed by atoms with E-state index < -0.39 is 4.92 Å². The van der Waals surface area contributed by atoms with Crippen LogP contribution in [0, 0.1) is 10.1 Å². The zero-order valence-electron chi connectivity index (χ0n) is 15.4. The number of nitrogens with zero attached hydrogens (tertiary/aromatic N) is 3. The van der Waals surface area contributed by atoms with Gasteiger partial charge in [-0.05, 0) is 35.7 Å². The van der Waals surface area contributed by atoms with E-state index in [1.807, 2.05) is 42.5 Å². The van der Waals surface area contributed by atoms with Crippen LogP contribution in [0.15, 0.2) is 73.1 Å². The number of methoxy groups -OCH3 is 1. The fourth-order valence-electron chi connectivity index (χ4n) is 2.91. The van der Waals surface area contributed by atoms with Gasteiger partial charge in [-0.2, -0.15) is 4.98 Å². The first-order chi connectivity index (χ1) is 14.2. The van der Waals surface area contributed by atoms with Crippen molar-refractivity contribution in [3.05, 3.63) is 83.2 Å². The maximum absolute atomic E-state index is 11.8. The van der Waals surface area contributed by atoms with Gasteiger partial charge in [0, 0.05) is 11.1 Å². The SMILES string of the molecule is COc1ccc(Oc2ncnc(Nc3cccc4ccccc34)c2[N+](=O)[O-])cc1. The van der Waals surface area contributed by atoms with Crippen molar-refractivity contribution in [1.82, 2.24) is 9.97 Å². The van der Waals surface area contributed by atoms with E-state index in [0.29, 0.717) is 17.2 Å². The van der Waals surface area contributed by atoms with Gasteiger partial charge in [-0.25, -0.2) is 4.98 Å². The first-order valence-corrected chi connectivity index (χ1v) is 8.72. The van der Waals surface area contributed by atoms with Crippen LogP contribution in [-0.2, 0) is 0 Å². The lowest BCUT2D eigenvalue weighted by Crippen LogP contribution is -2.03. The number of nitrogens with one attached hydrogen (secondary N) is 1. The Morgan fingerprint density at radius 2 is 1.66 bits per heavy atom. The van der Waals surface area contributed by atoms with Crippen LogP contribution in [0.25, 0.3) is 10.8 Å². The topological polar surface area (TPSA) is 99.4 Å². The molecule has 0 radical (unpaired) electrons. The van der Waals surface area contributed by atoms with E-state index in [-0.39, 0.29) is 17.4 Å². The van der Waals surface area contributed by atoms with Crippen molar-refractivity contribution in [3.8, 4) is 17.4 Å². The molecule has 0 unspecified atom stereocenters. The van der Waals surface area contributed by atoms with Crippen LogP contribution in [0.1, 0.15) is 0 Å². The molecule has 0 saturated carbocycles. The predicted octanol–water partition coefficient (Wildman–Crippen LogP) is 5.08. The number of rotatable bonds is 6. The summed E-state index contributed by atoms with van der Waals surface area (Å²) in [5.74, 6) is 0.930. The molecule has 0 saturated heterocycles. The minimum atomic E-state index is -0.563. The molecular formula is C21H16N4O4. The molecule has 144 valence electrons. The summed E-state index contributed by atoms with van der Waals surface area (Å²) >= 11 is 0. The van der Waals surface area contributed by atoms with Gasteiger partial charge in [0.2, 0.25) is 5.82 Å².